The predicted molar refractivity (Wildman–Crippen MR) is 166 cm³/mol. The Bertz CT molecular complexity index is 2020. The van der Waals surface area contributed by atoms with Crippen LogP contribution in [0, 0.1) is 0 Å². The van der Waals surface area contributed by atoms with Gasteiger partial charge in [0.2, 0.25) is 5.95 Å². The molecular weight excluding hydrogens is 717 g/mol. The van der Waals surface area contributed by atoms with E-state index in [0.717, 1.165) is 0 Å². The lowest BCUT2D eigenvalue weighted by molar-refractivity contribution is -0.0775. The number of phosphoric acid groups is 3. The number of rotatable bonds is 14. The number of carbonyl (C=O) groups is 1. The van der Waals surface area contributed by atoms with E-state index in [9.17, 15) is 33.1 Å². The summed E-state index contributed by atoms with van der Waals surface area (Å²) in [6.07, 6.45) is -4.47. The van der Waals surface area contributed by atoms with Crippen LogP contribution in [0.4, 0.5) is 11.6 Å². The number of nitrogens with two attached hydrogens (primary N) is 1. The van der Waals surface area contributed by atoms with Crippen molar-refractivity contribution in [2.45, 2.75) is 31.1 Å². The zero-order chi connectivity index (χ0) is 35.6. The molecule has 0 aliphatic carbocycles. The Morgan fingerprint density at radius 2 is 1.71 bits per heavy atom. The maximum absolute atomic E-state index is 13.6. The van der Waals surface area contributed by atoms with Crippen molar-refractivity contribution < 1.29 is 65.4 Å². The van der Waals surface area contributed by atoms with Gasteiger partial charge >= 0.3 is 29.4 Å². The van der Waals surface area contributed by atoms with Gasteiger partial charge in [-0.2, -0.15) is 13.6 Å². The third-order valence-corrected chi connectivity index (χ3v) is 10.6. The Balaban J connectivity index is 1.52. The van der Waals surface area contributed by atoms with E-state index in [1.807, 2.05) is 0 Å². The van der Waals surface area contributed by atoms with E-state index in [2.05, 4.69) is 28.9 Å². The second kappa shape index (κ2) is 14.6. The number of phosphoric ester groups is 1. The summed E-state index contributed by atoms with van der Waals surface area (Å²) in [5.74, 6) is -1.17. The number of ether oxygens (including phenoxy) is 3. The van der Waals surface area contributed by atoms with Crippen LogP contribution in [0.25, 0.3) is 11.2 Å². The van der Waals surface area contributed by atoms with Crippen LogP contribution in [0.1, 0.15) is 22.1 Å². The van der Waals surface area contributed by atoms with Gasteiger partial charge in [0.15, 0.2) is 23.5 Å². The molecule has 1 fully saturated rings. The highest BCUT2D eigenvalue weighted by Gasteiger charge is 2.51. The van der Waals surface area contributed by atoms with Gasteiger partial charge in [-0.1, -0.05) is 42.5 Å². The lowest BCUT2D eigenvalue weighted by atomic mass is 10.1. The monoisotopic (exact) mass is 746 g/mol. The van der Waals surface area contributed by atoms with E-state index >= 15 is 0 Å². The summed E-state index contributed by atoms with van der Waals surface area (Å²) in [6, 6.07) is 15.1. The van der Waals surface area contributed by atoms with Gasteiger partial charge in [0.1, 0.15) is 12.2 Å². The lowest BCUT2D eigenvalue weighted by Gasteiger charge is -2.25. The Labute approximate surface area is 275 Å². The first-order valence-electron chi connectivity index (χ1n) is 13.9. The number of hydrogen-bond acceptors (Lipinski definition) is 15. The number of benzene rings is 2. The third kappa shape index (κ3) is 9.06. The largest absolute Gasteiger partial charge is 0.490 e. The zero-order valence-corrected chi connectivity index (χ0v) is 27.7. The number of H-pyrrole nitrogens is 1. The normalized spacial score (nSPS) is 22.0. The maximum Gasteiger partial charge on any atom is 0.490 e. The van der Waals surface area contributed by atoms with Crippen LogP contribution < -0.4 is 16.6 Å². The van der Waals surface area contributed by atoms with Gasteiger partial charge in [0.05, 0.1) is 25.1 Å². The van der Waals surface area contributed by atoms with Crippen LogP contribution in [-0.2, 0) is 47.7 Å². The fraction of sp³-hybridized carbons (Fsp3) is 0.280. The molecule has 49 heavy (non-hydrogen) atoms. The Kier molecular flexibility index (Phi) is 10.9. The molecule has 4 aromatic rings. The minimum Gasteiger partial charge on any atom is -0.453 e. The Morgan fingerprint density at radius 1 is 1.02 bits per heavy atom. The van der Waals surface area contributed by atoms with Gasteiger partial charge < -0.3 is 44.8 Å². The number of nitrogen functional groups attached to an aromatic ring is 1. The van der Waals surface area contributed by atoms with E-state index in [4.69, 9.17) is 34.3 Å². The number of carbonyl (C=O) groups excluding carboxylic acids is 1. The molecule has 2 unspecified atom stereocenters. The molecule has 1 saturated heterocycles. The molecule has 1 aliphatic heterocycles. The fourth-order valence-electron chi connectivity index (χ4n) is 4.82. The number of aromatic nitrogens is 4. The molecule has 0 amide bonds. The summed E-state index contributed by atoms with van der Waals surface area (Å²) in [7, 11) is -15.6. The number of anilines is 2. The highest BCUT2D eigenvalue weighted by atomic mass is 31.3. The molecule has 0 spiro atoms. The molecule has 0 bridgehead atoms. The number of nitrogens with zero attached hydrogens (tertiary/aromatic N) is 3. The van der Waals surface area contributed by atoms with Gasteiger partial charge in [-0.3, -0.25) is 18.9 Å². The van der Waals surface area contributed by atoms with Crippen molar-refractivity contribution >= 4 is 52.2 Å². The lowest BCUT2D eigenvalue weighted by Crippen LogP contribution is -2.40. The van der Waals surface area contributed by atoms with E-state index in [0.29, 0.717) is 11.3 Å². The van der Waals surface area contributed by atoms with Crippen molar-refractivity contribution in [2.24, 2.45) is 0 Å². The SMILES string of the molecule is CNc1ccccc1C(=O)O[C@H]1[C@@H](OCc2ccccc2)[C@H](n2cnc3c(=O)[nH]c(N)nc32)O[C@@H]1COP(=O)(O)OP(=O)(O)OP(=O)(O)O. The first-order chi connectivity index (χ1) is 23.1. The molecule has 8 N–H and O–H groups in total. The molecule has 0 radical (unpaired) electrons. The molecule has 6 atom stereocenters. The first kappa shape index (κ1) is 36.5. The quantitative estimate of drug-likeness (QED) is 0.0714. The van der Waals surface area contributed by atoms with Crippen molar-refractivity contribution in [2.75, 3.05) is 24.7 Å². The van der Waals surface area contributed by atoms with Crippen LogP contribution in [0.2, 0.25) is 0 Å². The van der Waals surface area contributed by atoms with E-state index in [-0.39, 0.29) is 29.3 Å². The molecule has 2 aromatic heterocycles. The number of aromatic amines is 1. The van der Waals surface area contributed by atoms with Crippen molar-refractivity contribution in [1.29, 1.82) is 0 Å². The number of hydrogen-bond donors (Lipinski definition) is 7. The van der Waals surface area contributed by atoms with Crippen molar-refractivity contribution in [3.8, 4) is 0 Å². The first-order valence-corrected chi connectivity index (χ1v) is 18.4. The maximum atomic E-state index is 13.6. The number of fused-ring (bicyclic) bond motifs is 1. The van der Waals surface area contributed by atoms with E-state index in [1.54, 1.807) is 55.6 Å². The third-order valence-electron chi connectivity index (χ3n) is 6.77. The molecular formula is C25H29N6O15P3. The van der Waals surface area contributed by atoms with E-state index < -0.39 is 66.1 Å². The summed E-state index contributed by atoms with van der Waals surface area (Å²) in [6.45, 7) is -1.10. The number of esters is 1. The predicted octanol–water partition coefficient (Wildman–Crippen LogP) is 1.80. The Morgan fingerprint density at radius 3 is 2.41 bits per heavy atom. The van der Waals surface area contributed by atoms with Gasteiger partial charge in [-0.15, -0.1) is 0 Å². The average Bonchev–Trinajstić information content (AvgIpc) is 3.58. The molecule has 5 rings (SSSR count). The van der Waals surface area contributed by atoms with E-state index in [1.165, 1.54) is 17.0 Å². The topological polar surface area (TPSA) is 306 Å². The van der Waals surface area contributed by atoms with Crippen molar-refractivity contribution in [1.82, 2.24) is 19.5 Å². The molecule has 0 saturated carbocycles. The second-order valence-corrected chi connectivity index (χ2v) is 14.6. The Hall–Kier alpha value is -3.81. The molecule has 2 aromatic carbocycles. The van der Waals surface area contributed by atoms with Gasteiger partial charge in [-0.05, 0) is 17.7 Å². The molecule has 264 valence electrons. The fourth-order valence-corrected chi connectivity index (χ4v) is 7.85. The van der Waals surface area contributed by atoms with Crippen LogP contribution in [0.3, 0.4) is 0 Å². The molecule has 24 heteroatoms. The minimum absolute atomic E-state index is 0.0706. The van der Waals surface area contributed by atoms with Crippen LogP contribution in [0.15, 0.2) is 65.7 Å². The second-order valence-electron chi connectivity index (χ2n) is 10.2. The summed E-state index contributed by atoms with van der Waals surface area (Å²) < 4.78 is 67.5. The average molecular weight is 746 g/mol. The summed E-state index contributed by atoms with van der Waals surface area (Å²) in [4.78, 5) is 74.0. The molecule has 21 nitrogen and oxygen atoms in total. The van der Waals surface area contributed by atoms with Crippen LogP contribution >= 0.6 is 23.5 Å². The highest BCUT2D eigenvalue weighted by Crippen LogP contribution is 2.66. The summed E-state index contributed by atoms with van der Waals surface area (Å²) in [5, 5.41) is 2.86. The number of imidazole rings is 1. The highest BCUT2D eigenvalue weighted by molar-refractivity contribution is 7.66. The number of nitrogens with one attached hydrogen (secondary N) is 2. The minimum atomic E-state index is -5.85. The smallest absolute Gasteiger partial charge is 0.453 e. The standard InChI is InChI=1S/C25H29N6O15P3/c1-27-16-10-6-5-9-15(16)24(33)44-19-17(12-42-48(37,38)46-49(39,40)45-47(34,35)36)43-23(20(19)41-11-14-7-3-2-4-8-14)31-13-28-18-21(31)29-25(26)30-22(18)32/h2-10,13,17,19-20,23,27H,11-12H2,1H3,(H,37,38)(H,39,40)(H2,34,35,36)(H3,26,29,30,32)/t17-,19-,20-,23-/m1/s1. The van der Waals surface area contributed by atoms with Crippen molar-refractivity contribution in [3.63, 3.8) is 0 Å². The summed E-state index contributed by atoms with van der Waals surface area (Å²) >= 11 is 0. The van der Waals surface area contributed by atoms with Crippen molar-refractivity contribution in [3.05, 3.63) is 82.4 Å². The van der Waals surface area contributed by atoms with Gasteiger partial charge in [0, 0.05) is 12.7 Å². The van der Waals surface area contributed by atoms with Crippen LogP contribution in [0.5, 0.6) is 0 Å². The summed E-state index contributed by atoms with van der Waals surface area (Å²) in [5.41, 5.74) is 6.01. The molecule has 3 heterocycles. The molecule has 1 aliphatic rings. The number of para-hydroxylation sites is 1. The van der Waals surface area contributed by atoms with Crippen LogP contribution in [-0.4, -0.2) is 77.0 Å². The van der Waals surface area contributed by atoms with Gasteiger partial charge in [-0.25, -0.2) is 23.5 Å². The van der Waals surface area contributed by atoms with Gasteiger partial charge in [0.25, 0.3) is 5.56 Å². The zero-order valence-electron chi connectivity index (χ0n) is 25.0.